The van der Waals surface area contributed by atoms with Crippen LogP contribution < -0.4 is 9.47 Å². The first-order chi connectivity index (χ1) is 11.1. The molecule has 0 saturated carbocycles. The largest absolute Gasteiger partial charge is 0.497 e. The Morgan fingerprint density at radius 3 is 2.43 bits per heavy atom. The molecule has 2 rings (SSSR count). The third-order valence-electron chi connectivity index (χ3n) is 3.83. The van der Waals surface area contributed by atoms with Crippen molar-refractivity contribution < 1.29 is 33.5 Å². The highest BCUT2D eigenvalue weighted by Crippen LogP contribution is 2.27. The maximum Gasteiger partial charge on any atom is 0.186 e. The molecule has 130 valence electrons. The van der Waals surface area contributed by atoms with Crippen LogP contribution in [0.2, 0.25) is 0 Å². The van der Waals surface area contributed by atoms with E-state index in [0.29, 0.717) is 18.1 Å². The zero-order valence-electron chi connectivity index (χ0n) is 13.9. The van der Waals surface area contributed by atoms with Crippen LogP contribution in [0.25, 0.3) is 0 Å². The van der Waals surface area contributed by atoms with Crippen LogP contribution in [0.1, 0.15) is 5.56 Å². The van der Waals surface area contributed by atoms with E-state index in [1.54, 1.807) is 20.3 Å². The molecule has 0 spiro atoms. The summed E-state index contributed by atoms with van der Waals surface area (Å²) in [6.07, 6.45) is -2.43. The topological polar surface area (TPSA) is 75.6 Å². The summed E-state index contributed by atoms with van der Waals surface area (Å²) >= 11 is 0. The molecule has 4 atom stereocenters. The van der Waals surface area contributed by atoms with Crippen molar-refractivity contribution in [3.63, 3.8) is 0 Å². The fourth-order valence-electron chi connectivity index (χ4n) is 2.54. The van der Waals surface area contributed by atoms with Crippen molar-refractivity contribution in [2.75, 3.05) is 35.0 Å². The normalized spacial score (nSPS) is 27.2. The fourth-order valence-corrected chi connectivity index (χ4v) is 2.54. The lowest BCUT2D eigenvalue weighted by Gasteiger charge is -2.17. The van der Waals surface area contributed by atoms with E-state index in [0.717, 1.165) is 5.56 Å². The minimum atomic E-state index is -0.803. The lowest BCUT2D eigenvalue weighted by molar-refractivity contribution is -0.162. The number of methoxy groups -OCH3 is 4. The molecule has 1 aromatic rings. The van der Waals surface area contributed by atoms with Crippen molar-refractivity contribution in [2.24, 2.45) is 0 Å². The van der Waals surface area contributed by atoms with Gasteiger partial charge < -0.3 is 33.5 Å². The molecule has 0 amide bonds. The molecule has 7 nitrogen and oxygen atoms in total. The smallest absolute Gasteiger partial charge is 0.186 e. The third-order valence-corrected chi connectivity index (χ3v) is 3.83. The molecule has 0 radical (unpaired) electrons. The van der Waals surface area contributed by atoms with Crippen molar-refractivity contribution >= 4 is 0 Å². The highest BCUT2D eigenvalue weighted by molar-refractivity contribution is 5.40. The first kappa shape index (κ1) is 18.0. The molecule has 23 heavy (non-hydrogen) atoms. The van der Waals surface area contributed by atoms with Crippen LogP contribution in [0.15, 0.2) is 18.2 Å². The zero-order chi connectivity index (χ0) is 16.8. The molecule has 0 aliphatic carbocycles. The molecule has 1 aliphatic rings. The molecule has 0 unspecified atom stereocenters. The van der Waals surface area contributed by atoms with E-state index >= 15 is 0 Å². The van der Waals surface area contributed by atoms with Crippen LogP contribution in [-0.2, 0) is 25.6 Å². The minimum absolute atomic E-state index is 0.218. The van der Waals surface area contributed by atoms with Gasteiger partial charge in [0, 0.05) is 25.8 Å². The van der Waals surface area contributed by atoms with Crippen LogP contribution in [0.5, 0.6) is 11.5 Å². The average Bonchev–Trinajstić information content (AvgIpc) is 2.90. The number of hydrogen-bond acceptors (Lipinski definition) is 7. The molecule has 1 saturated heterocycles. The molecular formula is C16H24O7. The quantitative estimate of drug-likeness (QED) is 0.762. The number of aliphatic hydroxyl groups excluding tert-OH is 1. The zero-order valence-corrected chi connectivity index (χ0v) is 13.9. The van der Waals surface area contributed by atoms with E-state index in [9.17, 15) is 5.11 Å². The average molecular weight is 328 g/mol. The van der Waals surface area contributed by atoms with Gasteiger partial charge in [0.05, 0.1) is 27.4 Å². The Morgan fingerprint density at radius 2 is 1.87 bits per heavy atom. The van der Waals surface area contributed by atoms with Gasteiger partial charge in [-0.1, -0.05) is 0 Å². The molecule has 1 fully saturated rings. The van der Waals surface area contributed by atoms with Gasteiger partial charge in [0.25, 0.3) is 0 Å². The summed E-state index contributed by atoms with van der Waals surface area (Å²) < 4.78 is 32.1. The van der Waals surface area contributed by atoms with Crippen molar-refractivity contribution in [1.82, 2.24) is 0 Å². The number of aliphatic hydroxyl groups is 1. The Labute approximate surface area is 136 Å². The fraction of sp³-hybridized carbons (Fsp3) is 0.625. The lowest BCUT2D eigenvalue weighted by atomic mass is 10.1. The summed E-state index contributed by atoms with van der Waals surface area (Å²) in [6.45, 7) is 0.547. The first-order valence-electron chi connectivity index (χ1n) is 7.32. The van der Waals surface area contributed by atoms with Crippen molar-refractivity contribution in [1.29, 1.82) is 0 Å². The molecule has 1 aliphatic heterocycles. The summed E-state index contributed by atoms with van der Waals surface area (Å²) in [5.74, 6) is 1.40. The van der Waals surface area contributed by atoms with Gasteiger partial charge in [-0.05, 0) is 12.1 Å². The van der Waals surface area contributed by atoms with Crippen LogP contribution in [-0.4, -0.2) is 64.8 Å². The van der Waals surface area contributed by atoms with Crippen LogP contribution in [0.4, 0.5) is 0 Å². The third kappa shape index (κ3) is 4.13. The van der Waals surface area contributed by atoms with Crippen LogP contribution >= 0.6 is 0 Å². The summed E-state index contributed by atoms with van der Waals surface area (Å²) in [7, 11) is 6.21. The molecular weight excluding hydrogens is 304 g/mol. The number of ether oxygens (including phenoxy) is 6. The van der Waals surface area contributed by atoms with Gasteiger partial charge in [0.1, 0.15) is 29.8 Å². The lowest BCUT2D eigenvalue weighted by Crippen LogP contribution is -2.36. The van der Waals surface area contributed by atoms with Gasteiger partial charge >= 0.3 is 0 Å². The Hall–Kier alpha value is -1.38. The summed E-state index contributed by atoms with van der Waals surface area (Å²) in [5.41, 5.74) is 0.882. The predicted octanol–water partition coefficient (Wildman–Crippen LogP) is 0.968. The number of benzene rings is 1. The first-order valence-corrected chi connectivity index (χ1v) is 7.32. The van der Waals surface area contributed by atoms with Crippen molar-refractivity contribution in [2.45, 2.75) is 31.2 Å². The van der Waals surface area contributed by atoms with E-state index < -0.39 is 24.6 Å². The second-order valence-corrected chi connectivity index (χ2v) is 5.16. The highest BCUT2D eigenvalue weighted by atomic mass is 16.7. The van der Waals surface area contributed by atoms with Gasteiger partial charge in [0.15, 0.2) is 6.29 Å². The molecule has 1 N–H and O–H groups in total. The van der Waals surface area contributed by atoms with Gasteiger partial charge in [0.2, 0.25) is 0 Å². The van der Waals surface area contributed by atoms with E-state index in [1.165, 1.54) is 14.2 Å². The standard InChI is InChI=1S/C16H24O7/c1-18-11-6-5-10(12(7-11)19-2)8-22-9-13-14(17)15(20-3)16(21-4)23-13/h5-7,13-17H,8-9H2,1-4H3/t13-,14+,15-,16-/m1/s1. The van der Waals surface area contributed by atoms with E-state index in [4.69, 9.17) is 28.4 Å². The maximum absolute atomic E-state index is 10.2. The molecule has 1 heterocycles. The molecule has 0 aromatic heterocycles. The predicted molar refractivity (Wildman–Crippen MR) is 81.7 cm³/mol. The second-order valence-electron chi connectivity index (χ2n) is 5.16. The van der Waals surface area contributed by atoms with Crippen molar-refractivity contribution in [3.05, 3.63) is 23.8 Å². The number of hydrogen-bond donors (Lipinski definition) is 1. The Balaban J connectivity index is 1.90. The number of rotatable bonds is 8. The molecule has 1 aromatic carbocycles. The molecule has 7 heteroatoms. The van der Waals surface area contributed by atoms with E-state index in [2.05, 4.69) is 0 Å². The van der Waals surface area contributed by atoms with Gasteiger partial charge in [-0.3, -0.25) is 0 Å². The van der Waals surface area contributed by atoms with Crippen LogP contribution in [0.3, 0.4) is 0 Å². The van der Waals surface area contributed by atoms with Gasteiger partial charge in [-0.15, -0.1) is 0 Å². The minimum Gasteiger partial charge on any atom is -0.497 e. The summed E-state index contributed by atoms with van der Waals surface area (Å²) in [5, 5.41) is 10.2. The van der Waals surface area contributed by atoms with Gasteiger partial charge in [-0.2, -0.15) is 0 Å². The Morgan fingerprint density at radius 1 is 1.09 bits per heavy atom. The molecule has 0 bridgehead atoms. The second kappa shape index (κ2) is 8.47. The van der Waals surface area contributed by atoms with E-state index in [-0.39, 0.29) is 6.61 Å². The summed E-state index contributed by atoms with van der Waals surface area (Å²) in [6, 6.07) is 5.51. The van der Waals surface area contributed by atoms with E-state index in [1.807, 2.05) is 12.1 Å². The monoisotopic (exact) mass is 328 g/mol. The van der Waals surface area contributed by atoms with Crippen LogP contribution in [0, 0.1) is 0 Å². The van der Waals surface area contributed by atoms with Crippen molar-refractivity contribution in [3.8, 4) is 11.5 Å². The van der Waals surface area contributed by atoms with Gasteiger partial charge in [-0.25, -0.2) is 0 Å². The Bertz CT molecular complexity index is 493. The summed E-state index contributed by atoms with van der Waals surface area (Å²) in [4.78, 5) is 0. The Kier molecular flexibility index (Phi) is 6.61. The highest BCUT2D eigenvalue weighted by Gasteiger charge is 2.44. The SMILES string of the molecule is COc1ccc(COC[C@H]2O[C@@H](OC)[C@H](OC)[C@H]2O)c(OC)c1. The maximum atomic E-state index is 10.2.